The van der Waals surface area contributed by atoms with Crippen LogP contribution in [0, 0.1) is 0 Å². The molecule has 1 rings (SSSR count). The SMILES string of the molecule is CC(C)OCCNc1cnn(C)c1. The van der Waals surface area contributed by atoms with Gasteiger partial charge in [-0.2, -0.15) is 5.10 Å². The summed E-state index contributed by atoms with van der Waals surface area (Å²) in [7, 11) is 1.90. The molecule has 1 N–H and O–H groups in total. The summed E-state index contributed by atoms with van der Waals surface area (Å²) < 4.78 is 7.15. The van der Waals surface area contributed by atoms with Gasteiger partial charge in [0.05, 0.1) is 24.6 Å². The maximum atomic E-state index is 5.38. The van der Waals surface area contributed by atoms with Gasteiger partial charge in [-0.3, -0.25) is 4.68 Å². The van der Waals surface area contributed by atoms with Gasteiger partial charge in [0.15, 0.2) is 0 Å². The molecular formula is C9H17N3O. The average Bonchev–Trinajstić information content (AvgIpc) is 2.45. The Morgan fingerprint density at radius 2 is 2.38 bits per heavy atom. The summed E-state index contributed by atoms with van der Waals surface area (Å²) in [4.78, 5) is 0. The molecule has 0 atom stereocenters. The number of aromatic nitrogens is 2. The number of nitrogens with zero attached hydrogens (tertiary/aromatic N) is 2. The lowest BCUT2D eigenvalue weighted by molar-refractivity contribution is 0.0870. The lowest BCUT2D eigenvalue weighted by atomic mass is 10.5. The van der Waals surface area contributed by atoms with Gasteiger partial charge in [0.2, 0.25) is 0 Å². The maximum Gasteiger partial charge on any atom is 0.0727 e. The van der Waals surface area contributed by atoms with E-state index in [1.54, 1.807) is 10.9 Å². The predicted octanol–water partition coefficient (Wildman–Crippen LogP) is 1.26. The Labute approximate surface area is 78.9 Å². The summed E-state index contributed by atoms with van der Waals surface area (Å²) in [6, 6.07) is 0. The van der Waals surface area contributed by atoms with Crippen LogP contribution in [0.5, 0.6) is 0 Å². The third-order valence-electron chi connectivity index (χ3n) is 1.59. The molecule has 0 spiro atoms. The van der Waals surface area contributed by atoms with Crippen LogP contribution in [-0.2, 0) is 11.8 Å². The summed E-state index contributed by atoms with van der Waals surface area (Å²) in [5, 5.41) is 7.26. The first-order valence-electron chi connectivity index (χ1n) is 4.52. The van der Waals surface area contributed by atoms with Crippen molar-refractivity contribution >= 4 is 5.69 Å². The molecule has 0 fully saturated rings. The minimum absolute atomic E-state index is 0.302. The first-order chi connectivity index (χ1) is 6.18. The fourth-order valence-electron chi connectivity index (χ4n) is 1.00. The summed E-state index contributed by atoms with van der Waals surface area (Å²) >= 11 is 0. The Bertz CT molecular complexity index is 245. The second-order valence-electron chi connectivity index (χ2n) is 3.25. The molecule has 0 aliphatic rings. The normalized spacial score (nSPS) is 10.8. The van der Waals surface area contributed by atoms with Gasteiger partial charge in [0, 0.05) is 19.8 Å². The van der Waals surface area contributed by atoms with Gasteiger partial charge in [-0.1, -0.05) is 0 Å². The highest BCUT2D eigenvalue weighted by Crippen LogP contribution is 2.02. The van der Waals surface area contributed by atoms with Crippen LogP contribution in [0.2, 0.25) is 0 Å². The van der Waals surface area contributed by atoms with E-state index in [9.17, 15) is 0 Å². The smallest absolute Gasteiger partial charge is 0.0727 e. The number of nitrogens with one attached hydrogen (secondary N) is 1. The van der Waals surface area contributed by atoms with Crippen molar-refractivity contribution in [2.75, 3.05) is 18.5 Å². The molecule has 0 amide bonds. The van der Waals surface area contributed by atoms with E-state index >= 15 is 0 Å². The van der Waals surface area contributed by atoms with E-state index in [2.05, 4.69) is 10.4 Å². The molecule has 1 aromatic heterocycles. The second kappa shape index (κ2) is 4.87. The number of hydrogen-bond acceptors (Lipinski definition) is 3. The summed E-state index contributed by atoms with van der Waals surface area (Å²) in [5.74, 6) is 0. The zero-order chi connectivity index (χ0) is 9.68. The van der Waals surface area contributed by atoms with E-state index < -0.39 is 0 Å². The van der Waals surface area contributed by atoms with Crippen LogP contribution in [0.1, 0.15) is 13.8 Å². The highest BCUT2D eigenvalue weighted by molar-refractivity contribution is 5.37. The molecule has 0 aliphatic heterocycles. The minimum Gasteiger partial charge on any atom is -0.380 e. The molecule has 0 unspecified atom stereocenters. The van der Waals surface area contributed by atoms with E-state index in [-0.39, 0.29) is 0 Å². The third-order valence-corrected chi connectivity index (χ3v) is 1.59. The monoisotopic (exact) mass is 183 g/mol. The molecule has 0 saturated heterocycles. The largest absolute Gasteiger partial charge is 0.380 e. The molecule has 0 aliphatic carbocycles. The Kier molecular flexibility index (Phi) is 3.76. The van der Waals surface area contributed by atoms with Crippen molar-refractivity contribution in [2.24, 2.45) is 7.05 Å². The van der Waals surface area contributed by atoms with Crippen molar-refractivity contribution in [2.45, 2.75) is 20.0 Å². The standard InChI is InChI=1S/C9H17N3O/c1-8(2)13-5-4-10-9-6-11-12(3)7-9/h6-8,10H,4-5H2,1-3H3. The predicted molar refractivity (Wildman–Crippen MR) is 52.8 cm³/mol. The fraction of sp³-hybridized carbons (Fsp3) is 0.667. The van der Waals surface area contributed by atoms with Crippen molar-refractivity contribution in [3.8, 4) is 0 Å². The highest BCUT2D eigenvalue weighted by atomic mass is 16.5. The van der Waals surface area contributed by atoms with Gasteiger partial charge in [0.1, 0.15) is 0 Å². The van der Waals surface area contributed by atoms with Crippen LogP contribution < -0.4 is 5.32 Å². The van der Waals surface area contributed by atoms with Crippen LogP contribution >= 0.6 is 0 Å². The molecule has 4 nitrogen and oxygen atoms in total. The third kappa shape index (κ3) is 3.94. The molecule has 1 heterocycles. The van der Waals surface area contributed by atoms with E-state index in [0.29, 0.717) is 6.10 Å². The molecule has 0 aromatic carbocycles. The molecule has 13 heavy (non-hydrogen) atoms. The fourth-order valence-corrected chi connectivity index (χ4v) is 1.00. The topological polar surface area (TPSA) is 39.1 Å². The number of ether oxygens (including phenoxy) is 1. The van der Waals surface area contributed by atoms with Gasteiger partial charge >= 0.3 is 0 Å². The average molecular weight is 183 g/mol. The van der Waals surface area contributed by atoms with Crippen molar-refractivity contribution in [1.29, 1.82) is 0 Å². The molecule has 74 valence electrons. The maximum absolute atomic E-state index is 5.38. The van der Waals surface area contributed by atoms with Gasteiger partial charge in [-0.05, 0) is 13.8 Å². The Balaban J connectivity index is 2.13. The molecule has 1 aromatic rings. The summed E-state index contributed by atoms with van der Waals surface area (Å²) in [5.41, 5.74) is 1.04. The van der Waals surface area contributed by atoms with Gasteiger partial charge in [-0.15, -0.1) is 0 Å². The highest BCUT2D eigenvalue weighted by Gasteiger charge is 1.95. The summed E-state index contributed by atoms with van der Waals surface area (Å²) in [6.07, 6.45) is 4.04. The van der Waals surface area contributed by atoms with Gasteiger partial charge in [-0.25, -0.2) is 0 Å². The Morgan fingerprint density at radius 3 is 2.92 bits per heavy atom. The quantitative estimate of drug-likeness (QED) is 0.698. The number of rotatable bonds is 5. The van der Waals surface area contributed by atoms with E-state index in [4.69, 9.17) is 4.74 Å². The number of hydrogen-bond donors (Lipinski definition) is 1. The molecular weight excluding hydrogens is 166 g/mol. The summed E-state index contributed by atoms with van der Waals surface area (Å²) in [6.45, 7) is 5.62. The molecule has 4 heteroatoms. The first-order valence-corrected chi connectivity index (χ1v) is 4.52. The second-order valence-corrected chi connectivity index (χ2v) is 3.25. The Morgan fingerprint density at radius 1 is 1.62 bits per heavy atom. The van der Waals surface area contributed by atoms with Gasteiger partial charge < -0.3 is 10.1 Å². The first kappa shape index (κ1) is 10.1. The van der Waals surface area contributed by atoms with Crippen molar-refractivity contribution in [3.63, 3.8) is 0 Å². The lowest BCUT2D eigenvalue weighted by Gasteiger charge is -2.07. The van der Waals surface area contributed by atoms with Crippen molar-refractivity contribution < 1.29 is 4.74 Å². The van der Waals surface area contributed by atoms with E-state index in [1.807, 2.05) is 27.1 Å². The van der Waals surface area contributed by atoms with E-state index in [1.165, 1.54) is 0 Å². The minimum atomic E-state index is 0.302. The Hall–Kier alpha value is -1.03. The lowest BCUT2D eigenvalue weighted by Crippen LogP contribution is -2.12. The van der Waals surface area contributed by atoms with Crippen LogP contribution in [0.4, 0.5) is 5.69 Å². The van der Waals surface area contributed by atoms with Crippen molar-refractivity contribution in [1.82, 2.24) is 9.78 Å². The van der Waals surface area contributed by atoms with E-state index in [0.717, 1.165) is 18.8 Å². The van der Waals surface area contributed by atoms with Crippen LogP contribution in [-0.4, -0.2) is 29.0 Å². The van der Waals surface area contributed by atoms with Crippen molar-refractivity contribution in [3.05, 3.63) is 12.4 Å². The molecule has 0 saturated carbocycles. The van der Waals surface area contributed by atoms with Crippen LogP contribution in [0.3, 0.4) is 0 Å². The van der Waals surface area contributed by atoms with Gasteiger partial charge in [0.25, 0.3) is 0 Å². The zero-order valence-corrected chi connectivity index (χ0v) is 8.45. The number of aryl methyl sites for hydroxylation is 1. The molecule has 0 radical (unpaired) electrons. The molecule has 0 bridgehead atoms. The number of anilines is 1. The van der Waals surface area contributed by atoms with Crippen LogP contribution in [0.25, 0.3) is 0 Å². The zero-order valence-electron chi connectivity index (χ0n) is 8.45. The van der Waals surface area contributed by atoms with Crippen LogP contribution in [0.15, 0.2) is 12.4 Å².